The molecule has 0 aliphatic carbocycles. The molecule has 1 aliphatic rings. The molecule has 1 amide bonds. The first-order valence-electron chi connectivity index (χ1n) is 7.22. The van der Waals surface area contributed by atoms with Crippen LogP contribution in [0.5, 0.6) is 0 Å². The van der Waals surface area contributed by atoms with Crippen LogP contribution in [-0.2, 0) is 4.79 Å². The third kappa shape index (κ3) is 2.74. The molecule has 0 atom stereocenters. The van der Waals surface area contributed by atoms with Crippen LogP contribution in [-0.4, -0.2) is 51.6 Å². The third-order valence-electron chi connectivity index (χ3n) is 3.63. The van der Waals surface area contributed by atoms with Crippen LogP contribution in [0.1, 0.15) is 26.5 Å². The Morgan fingerprint density at radius 2 is 1.90 bits per heavy atom. The molecule has 3 heterocycles. The molecule has 6 nitrogen and oxygen atoms in total. The molecule has 1 aliphatic heterocycles. The second-order valence-corrected chi connectivity index (χ2v) is 7.46. The van der Waals surface area contributed by atoms with Gasteiger partial charge in [0.15, 0.2) is 0 Å². The van der Waals surface area contributed by atoms with E-state index < -0.39 is 0 Å². The van der Waals surface area contributed by atoms with Crippen molar-refractivity contribution in [1.82, 2.24) is 19.5 Å². The van der Waals surface area contributed by atoms with Crippen molar-refractivity contribution < 1.29 is 4.79 Å². The number of aromatic nitrogens is 3. The fraction of sp³-hybridized carbons (Fsp3) is 0.643. The lowest BCUT2D eigenvalue weighted by Crippen LogP contribution is -2.51. The molecule has 1 fully saturated rings. The van der Waals surface area contributed by atoms with Gasteiger partial charge in [-0.05, 0) is 6.92 Å². The van der Waals surface area contributed by atoms with Gasteiger partial charge in [0.05, 0.1) is 11.9 Å². The highest BCUT2D eigenvalue weighted by Crippen LogP contribution is 2.25. The largest absolute Gasteiger partial charge is 0.343 e. The Bertz CT molecular complexity index is 629. The van der Waals surface area contributed by atoms with Crippen LogP contribution in [0.4, 0.5) is 5.13 Å². The molecule has 2 aromatic rings. The predicted octanol–water partition coefficient (Wildman–Crippen LogP) is 1.79. The molecule has 0 unspecified atom stereocenters. The van der Waals surface area contributed by atoms with Crippen LogP contribution in [0.2, 0.25) is 0 Å². The summed E-state index contributed by atoms with van der Waals surface area (Å²) in [6.45, 7) is 11.1. The highest BCUT2D eigenvalue weighted by molar-refractivity contribution is 7.20. The lowest BCUT2D eigenvalue weighted by atomic mass is 9.94. The summed E-state index contributed by atoms with van der Waals surface area (Å²) in [5.74, 6) is 0.228. The van der Waals surface area contributed by atoms with Gasteiger partial charge in [0.1, 0.15) is 0 Å². The van der Waals surface area contributed by atoms with Crippen LogP contribution in [0.3, 0.4) is 0 Å². The molecule has 7 heteroatoms. The number of piperazine rings is 1. The zero-order valence-corrected chi connectivity index (χ0v) is 13.8. The van der Waals surface area contributed by atoms with E-state index in [1.54, 1.807) is 11.3 Å². The van der Waals surface area contributed by atoms with E-state index in [4.69, 9.17) is 0 Å². The zero-order valence-electron chi connectivity index (χ0n) is 13.0. The minimum Gasteiger partial charge on any atom is -0.343 e. The van der Waals surface area contributed by atoms with Crippen molar-refractivity contribution in [1.29, 1.82) is 0 Å². The molecule has 1 saturated heterocycles. The Hall–Kier alpha value is -1.63. The third-order valence-corrected chi connectivity index (χ3v) is 4.62. The van der Waals surface area contributed by atoms with Crippen molar-refractivity contribution in [2.45, 2.75) is 27.7 Å². The van der Waals surface area contributed by atoms with Gasteiger partial charge in [-0.1, -0.05) is 32.1 Å². The van der Waals surface area contributed by atoms with Crippen molar-refractivity contribution in [2.24, 2.45) is 5.41 Å². The maximum atomic E-state index is 12.3. The normalized spacial score (nSPS) is 16.8. The number of nitrogens with zero attached hydrogens (tertiary/aromatic N) is 5. The van der Waals surface area contributed by atoms with Gasteiger partial charge in [-0.2, -0.15) is 0 Å². The summed E-state index contributed by atoms with van der Waals surface area (Å²) in [5, 5.41) is 5.56. The molecule has 0 aromatic carbocycles. The Balaban J connectivity index is 1.68. The molecule has 0 bridgehead atoms. The number of carbonyl (C=O) groups excluding carboxylic acids is 1. The number of aryl methyl sites for hydroxylation is 1. The molecule has 0 spiro atoms. The lowest BCUT2D eigenvalue weighted by Gasteiger charge is -2.37. The minimum atomic E-state index is -0.304. The van der Waals surface area contributed by atoms with Gasteiger partial charge in [0, 0.05) is 31.6 Å². The Labute approximate surface area is 128 Å². The summed E-state index contributed by atoms with van der Waals surface area (Å²) >= 11 is 1.60. The molecule has 114 valence electrons. The first-order chi connectivity index (χ1) is 9.84. The average Bonchev–Trinajstić information content (AvgIpc) is 2.94. The van der Waals surface area contributed by atoms with Gasteiger partial charge in [-0.25, -0.2) is 9.50 Å². The molecule has 0 N–H and O–H groups in total. The smallest absolute Gasteiger partial charge is 0.228 e. The zero-order chi connectivity index (χ0) is 15.2. The van der Waals surface area contributed by atoms with Crippen LogP contribution in [0.25, 0.3) is 4.96 Å². The van der Waals surface area contributed by atoms with Gasteiger partial charge in [0.2, 0.25) is 16.0 Å². The fourth-order valence-corrected chi connectivity index (χ4v) is 3.48. The maximum absolute atomic E-state index is 12.3. The molecular formula is C14H21N5OS. The van der Waals surface area contributed by atoms with Gasteiger partial charge in [0.25, 0.3) is 0 Å². The number of carbonyl (C=O) groups is 1. The van der Waals surface area contributed by atoms with E-state index in [0.717, 1.165) is 42.0 Å². The molecule has 3 rings (SSSR count). The second kappa shape index (κ2) is 4.98. The lowest BCUT2D eigenvalue weighted by molar-refractivity contribution is -0.139. The Morgan fingerprint density at radius 3 is 2.48 bits per heavy atom. The maximum Gasteiger partial charge on any atom is 0.228 e. The summed E-state index contributed by atoms with van der Waals surface area (Å²) in [6.07, 6.45) is 1.94. The Kier molecular flexibility index (Phi) is 3.39. The Morgan fingerprint density at radius 1 is 1.24 bits per heavy atom. The number of anilines is 1. The minimum absolute atomic E-state index is 0.228. The molecule has 2 aromatic heterocycles. The average molecular weight is 307 g/mol. The van der Waals surface area contributed by atoms with E-state index in [2.05, 4.69) is 15.0 Å². The van der Waals surface area contributed by atoms with Crippen molar-refractivity contribution in [2.75, 3.05) is 31.1 Å². The van der Waals surface area contributed by atoms with Crippen LogP contribution in [0.15, 0.2) is 6.20 Å². The van der Waals surface area contributed by atoms with Crippen molar-refractivity contribution in [3.8, 4) is 0 Å². The van der Waals surface area contributed by atoms with Crippen LogP contribution < -0.4 is 4.90 Å². The predicted molar refractivity (Wildman–Crippen MR) is 83.8 cm³/mol. The highest BCUT2D eigenvalue weighted by atomic mass is 32.1. The van der Waals surface area contributed by atoms with Gasteiger partial charge >= 0.3 is 0 Å². The topological polar surface area (TPSA) is 53.7 Å². The second-order valence-electron chi connectivity index (χ2n) is 6.52. The van der Waals surface area contributed by atoms with E-state index in [1.165, 1.54) is 0 Å². The van der Waals surface area contributed by atoms with E-state index >= 15 is 0 Å². The number of fused-ring (bicyclic) bond motifs is 1. The van der Waals surface area contributed by atoms with Crippen LogP contribution in [0, 0.1) is 12.3 Å². The summed E-state index contributed by atoms with van der Waals surface area (Å²) in [7, 11) is 0. The van der Waals surface area contributed by atoms with Gasteiger partial charge < -0.3 is 9.80 Å². The molecule has 21 heavy (non-hydrogen) atoms. The number of amides is 1. The van der Waals surface area contributed by atoms with Crippen molar-refractivity contribution in [3.63, 3.8) is 0 Å². The highest BCUT2D eigenvalue weighted by Gasteiger charge is 2.30. The SMILES string of the molecule is Cc1cn2nc(N3CCN(C(=O)C(C)(C)C)CC3)sc2n1. The molecule has 0 radical (unpaired) electrons. The number of rotatable bonds is 1. The van der Waals surface area contributed by atoms with E-state index in [-0.39, 0.29) is 11.3 Å². The van der Waals surface area contributed by atoms with Gasteiger partial charge in [-0.3, -0.25) is 4.79 Å². The van der Waals surface area contributed by atoms with Crippen molar-refractivity contribution in [3.05, 3.63) is 11.9 Å². The van der Waals surface area contributed by atoms with Crippen LogP contribution >= 0.6 is 11.3 Å². The van der Waals surface area contributed by atoms with Crippen molar-refractivity contribution >= 4 is 27.3 Å². The van der Waals surface area contributed by atoms with E-state index in [1.807, 2.05) is 43.3 Å². The summed E-state index contributed by atoms with van der Waals surface area (Å²) < 4.78 is 1.84. The number of hydrogen-bond donors (Lipinski definition) is 0. The van der Waals surface area contributed by atoms with Gasteiger partial charge in [-0.15, -0.1) is 5.10 Å². The summed E-state index contributed by atoms with van der Waals surface area (Å²) in [5.41, 5.74) is 0.683. The quantitative estimate of drug-likeness (QED) is 0.806. The molecular weight excluding hydrogens is 286 g/mol. The fourth-order valence-electron chi connectivity index (χ4n) is 2.50. The van der Waals surface area contributed by atoms with E-state index in [0.29, 0.717) is 0 Å². The molecule has 0 saturated carbocycles. The summed E-state index contributed by atoms with van der Waals surface area (Å²) in [6, 6.07) is 0. The summed E-state index contributed by atoms with van der Waals surface area (Å²) in [4.78, 5) is 21.8. The first-order valence-corrected chi connectivity index (χ1v) is 8.03. The van der Waals surface area contributed by atoms with E-state index in [9.17, 15) is 4.79 Å². The standard InChI is InChI=1S/C14H21N5OS/c1-10-9-19-12(15-10)21-13(16-19)18-7-5-17(6-8-18)11(20)14(2,3)4/h9H,5-8H2,1-4H3. The monoisotopic (exact) mass is 307 g/mol. The number of imidazole rings is 1. The number of hydrogen-bond acceptors (Lipinski definition) is 5. The first kappa shape index (κ1) is 14.3.